The minimum absolute atomic E-state index is 0.0290. The number of alkyl halides is 9. The molecule has 0 spiro atoms. The fourth-order valence-electron chi connectivity index (χ4n) is 14.0. The third kappa shape index (κ3) is 18.7. The van der Waals surface area contributed by atoms with E-state index < -0.39 is 107 Å². The zero-order valence-corrected chi connectivity index (χ0v) is 68.7. The first-order chi connectivity index (χ1) is 60.2. The molecular weight excluding hydrogens is 1670 g/mol. The van der Waals surface area contributed by atoms with Crippen LogP contribution < -0.4 is 33.7 Å². The summed E-state index contributed by atoms with van der Waals surface area (Å²) in [4.78, 5) is 144. The second kappa shape index (κ2) is 37.0. The fraction of sp³-hybridized carbons (Fsp3) is 0.317. The lowest BCUT2D eigenvalue weighted by atomic mass is 10.1. The molecular formula is C82H80F9N23O12. The maximum atomic E-state index is 13.6. The van der Waals surface area contributed by atoms with Crippen LogP contribution in [0.25, 0.3) is 67.7 Å². The summed E-state index contributed by atoms with van der Waals surface area (Å²) in [6.45, 7) is 10.8. The van der Waals surface area contributed by atoms with Gasteiger partial charge < -0.3 is 23.3 Å². The van der Waals surface area contributed by atoms with Gasteiger partial charge in [-0.25, -0.2) is 53.7 Å². The lowest BCUT2D eigenvalue weighted by molar-refractivity contribution is -0.138. The molecule has 3 aromatic carbocycles. The van der Waals surface area contributed by atoms with E-state index in [0.717, 1.165) is 50.1 Å². The minimum atomic E-state index is -4.48. The highest BCUT2D eigenvalue weighted by molar-refractivity contribution is 5.89. The van der Waals surface area contributed by atoms with Gasteiger partial charge in [0.2, 0.25) is 5.82 Å². The second-order valence-corrected chi connectivity index (χ2v) is 28.6. The number of hydrogen-bond acceptors (Lipinski definition) is 21. The van der Waals surface area contributed by atoms with Crippen molar-refractivity contribution in [3.8, 4) is 34.2 Å². The molecule has 658 valence electrons. The molecule has 0 aliphatic carbocycles. The Kier molecular flexibility index (Phi) is 26.1. The first-order valence-corrected chi connectivity index (χ1v) is 39.3. The maximum Gasteiger partial charge on any atom is 0.416 e. The normalized spacial score (nSPS) is 11.8. The SMILES string of the molecule is CCCn1c(=O)c2c(nc(-c3cnn(Cc4cccc(C(F)(F)F)c4)c3)n2COC(=O)c2ccncc2)n(CC)c1=O.CCCn1c(=O)c2c(nc(-c3cnn(Cc4cccc(C(F)(F)F)c4)c3)n2COC(=O)c2cn(C)cn2)n(CC)c1=O.CCCn1c(=O)c2c(nc(-c3cnn(Cc4cccc(C(F)(F)F)c4)c3)n2COC(=O)c2nccn2C)n(CC)c1=O. The number of carbonyl (C=O) groups is 3. The second-order valence-electron chi connectivity index (χ2n) is 28.6. The van der Waals surface area contributed by atoms with E-state index in [0.29, 0.717) is 52.6 Å². The number of fused-ring (bicyclic) bond motifs is 3. The number of nitrogens with zero attached hydrogens (tertiary/aromatic N) is 23. The average Bonchev–Trinajstić information content (AvgIpc) is 1.59. The van der Waals surface area contributed by atoms with Gasteiger partial charge >= 0.3 is 53.5 Å². The Bertz CT molecular complexity index is 6960. The molecule has 0 unspecified atom stereocenters. The molecule has 0 bridgehead atoms. The predicted octanol–water partition coefficient (Wildman–Crippen LogP) is 10.5. The third-order valence-electron chi connectivity index (χ3n) is 19.9. The Hall–Kier alpha value is -14.9. The number of hydrogen-bond donors (Lipinski definition) is 0. The zero-order chi connectivity index (χ0) is 90.4. The molecule has 12 aromatic heterocycles. The average molecular weight is 1750 g/mol. The van der Waals surface area contributed by atoms with Gasteiger partial charge in [-0.2, -0.15) is 54.8 Å². The summed E-state index contributed by atoms with van der Waals surface area (Å²) in [6.07, 6.45) is 5.94. The largest absolute Gasteiger partial charge is 0.440 e. The minimum Gasteiger partial charge on any atom is -0.440 e. The first-order valence-electron chi connectivity index (χ1n) is 39.3. The lowest BCUT2D eigenvalue weighted by Crippen LogP contribution is -2.40. The van der Waals surface area contributed by atoms with Crippen molar-refractivity contribution >= 4 is 51.4 Å². The lowest BCUT2D eigenvalue weighted by Gasteiger charge is -2.12. The number of ether oxygens (including phenoxy) is 3. The van der Waals surface area contributed by atoms with Crippen molar-refractivity contribution in [3.05, 3.63) is 272 Å². The topological polar surface area (TPSA) is 366 Å². The standard InChI is InChI=1S/C28H26F3N7O4.2C27H27F3N8O4/c1-3-12-37-25(39)22-24(36(4-2)27(37)41)34-23(38(22)17-42-26(40)19-8-10-32-11-9-19)20-14-33-35(16-20)15-18-6-5-7-21(13-18)28(29,30)31;1-4-10-37-24(39)20-22(36(5-2)26(37)41)33-21(38(20)16-42-25(40)23-31-9-11-34(23)3)18-13-32-35(15-18)14-17-7-6-8-19(12-17)27(28,29)30;1-4-9-37-24(39)21-23(36(5-2)26(37)41)33-22(38(21)16-42-25(40)20-14-34(3)15-31-20)18-11-32-35(13-18)12-17-7-6-8-19(10-17)27(28,29)30/h5-11,13-14,16H,3-4,12,15,17H2,1-2H3;6-9,11-13,15H,4-5,10,14,16H2,1-3H3;6-8,10-11,13-15H,4-5,9,12,16H2,1-3H3. The van der Waals surface area contributed by atoms with Crippen LogP contribution in [0.1, 0.15) is 126 Å². The number of aryl methyl sites for hydroxylation is 5. The van der Waals surface area contributed by atoms with Crippen molar-refractivity contribution in [1.29, 1.82) is 0 Å². The van der Waals surface area contributed by atoms with Crippen molar-refractivity contribution in [1.82, 2.24) is 109 Å². The molecule has 0 aliphatic rings. The highest BCUT2D eigenvalue weighted by atomic mass is 19.4. The number of esters is 3. The Balaban J connectivity index is 0.000000162. The highest BCUT2D eigenvalue weighted by Crippen LogP contribution is 2.34. The Labute approximate surface area is 705 Å². The molecule has 0 aliphatic heterocycles. The monoisotopic (exact) mass is 1750 g/mol. The molecule has 0 fully saturated rings. The van der Waals surface area contributed by atoms with Crippen LogP contribution in [-0.4, -0.2) is 127 Å². The smallest absolute Gasteiger partial charge is 0.416 e. The van der Waals surface area contributed by atoms with E-state index in [9.17, 15) is 82.7 Å². The first kappa shape index (κ1) is 88.9. The van der Waals surface area contributed by atoms with Gasteiger partial charge in [0.1, 0.15) is 17.5 Å². The Morgan fingerprint density at radius 3 is 1.06 bits per heavy atom. The summed E-state index contributed by atoms with van der Waals surface area (Å²) in [7, 11) is 3.33. The fourth-order valence-corrected chi connectivity index (χ4v) is 14.0. The van der Waals surface area contributed by atoms with E-state index in [2.05, 4.69) is 45.2 Å². The van der Waals surface area contributed by atoms with Gasteiger partial charge in [-0.1, -0.05) is 57.2 Å². The molecule has 12 heterocycles. The van der Waals surface area contributed by atoms with E-state index in [1.54, 1.807) is 82.4 Å². The summed E-state index contributed by atoms with van der Waals surface area (Å²) in [6, 6.07) is 17.7. The van der Waals surface area contributed by atoms with Crippen molar-refractivity contribution in [2.45, 2.75) is 158 Å². The number of imidazole rings is 5. The molecule has 126 heavy (non-hydrogen) atoms. The van der Waals surface area contributed by atoms with Gasteiger partial charge in [-0.15, -0.1) is 0 Å². The number of pyridine rings is 1. The molecule has 15 aromatic rings. The molecule has 0 amide bonds. The number of carbonyl (C=O) groups excluding carboxylic acids is 3. The number of halogens is 9. The van der Waals surface area contributed by atoms with Gasteiger partial charge in [-0.3, -0.25) is 74.5 Å². The van der Waals surface area contributed by atoms with Crippen LogP contribution in [0, 0.1) is 0 Å². The molecule has 0 saturated heterocycles. The third-order valence-corrected chi connectivity index (χ3v) is 19.9. The zero-order valence-electron chi connectivity index (χ0n) is 68.7. The molecule has 0 atom stereocenters. The van der Waals surface area contributed by atoms with Crippen LogP contribution in [0.5, 0.6) is 0 Å². The van der Waals surface area contributed by atoms with E-state index in [-0.39, 0.29) is 127 Å². The van der Waals surface area contributed by atoms with Gasteiger partial charge in [-0.05, 0) is 105 Å². The van der Waals surface area contributed by atoms with E-state index >= 15 is 0 Å². The van der Waals surface area contributed by atoms with Crippen LogP contribution in [0.3, 0.4) is 0 Å². The molecule has 0 saturated carbocycles. The van der Waals surface area contributed by atoms with Crippen molar-refractivity contribution < 1.29 is 68.1 Å². The summed E-state index contributed by atoms with van der Waals surface area (Å²) >= 11 is 0. The Morgan fingerprint density at radius 1 is 0.405 bits per heavy atom. The van der Waals surface area contributed by atoms with Gasteiger partial charge in [0.15, 0.2) is 59.4 Å². The Morgan fingerprint density at radius 2 is 0.754 bits per heavy atom. The van der Waals surface area contributed by atoms with Crippen molar-refractivity contribution in [3.63, 3.8) is 0 Å². The van der Waals surface area contributed by atoms with Crippen molar-refractivity contribution in [2.24, 2.45) is 14.1 Å². The summed E-state index contributed by atoms with van der Waals surface area (Å²) in [5.74, 6) is -1.54. The molecule has 44 heteroatoms. The van der Waals surface area contributed by atoms with Crippen LogP contribution in [0.2, 0.25) is 0 Å². The van der Waals surface area contributed by atoms with Crippen LogP contribution in [0.4, 0.5) is 39.5 Å². The predicted molar refractivity (Wildman–Crippen MR) is 435 cm³/mol. The van der Waals surface area contributed by atoms with Crippen LogP contribution >= 0.6 is 0 Å². The molecule has 0 radical (unpaired) electrons. The van der Waals surface area contributed by atoms with Crippen LogP contribution in [-0.2, 0) is 126 Å². The maximum absolute atomic E-state index is 13.6. The number of benzene rings is 3. The molecule has 35 nitrogen and oxygen atoms in total. The van der Waals surface area contributed by atoms with Gasteiger partial charge in [0.05, 0.1) is 83.5 Å². The van der Waals surface area contributed by atoms with Crippen molar-refractivity contribution in [2.75, 3.05) is 0 Å². The number of aromatic nitrogens is 23. The summed E-state index contributed by atoms with van der Waals surface area (Å²) in [5, 5.41) is 12.8. The van der Waals surface area contributed by atoms with Gasteiger partial charge in [0.25, 0.3) is 16.7 Å². The molecule has 15 rings (SSSR count). The molecule has 0 N–H and O–H groups in total. The van der Waals surface area contributed by atoms with E-state index in [4.69, 9.17) is 14.2 Å². The number of rotatable bonds is 27. The van der Waals surface area contributed by atoms with Gasteiger partial charge in [0, 0.05) is 103 Å². The van der Waals surface area contributed by atoms with E-state index in [1.165, 1.54) is 126 Å². The highest BCUT2D eigenvalue weighted by Gasteiger charge is 2.35. The summed E-state index contributed by atoms with van der Waals surface area (Å²) < 4.78 is 154. The van der Waals surface area contributed by atoms with Crippen LogP contribution in [0.15, 0.2) is 188 Å². The quantitative estimate of drug-likeness (QED) is 0.0262. The van der Waals surface area contributed by atoms with E-state index in [1.807, 2.05) is 20.8 Å². The summed E-state index contributed by atoms with van der Waals surface area (Å²) in [5.41, 5.74) is -2.52.